The second-order valence-electron chi connectivity index (χ2n) is 6.22. The normalized spacial score (nSPS) is 24.9. The molecule has 2 aliphatic rings. The highest BCUT2D eigenvalue weighted by molar-refractivity contribution is 5.68. The summed E-state index contributed by atoms with van der Waals surface area (Å²) in [5.41, 5.74) is 4.40. The Labute approximate surface area is 126 Å². The second kappa shape index (κ2) is 5.50. The van der Waals surface area contributed by atoms with Gasteiger partial charge in [-0.2, -0.15) is 0 Å². The Kier molecular flexibility index (Phi) is 3.36. The van der Waals surface area contributed by atoms with Gasteiger partial charge in [-0.05, 0) is 36.0 Å². The molecule has 2 heterocycles. The Balaban J connectivity index is 1.57. The smallest absolute Gasteiger partial charge is 0.0291 e. The summed E-state index contributed by atoms with van der Waals surface area (Å²) in [6.07, 6.45) is 6.37. The zero-order valence-electron chi connectivity index (χ0n) is 12.3. The van der Waals surface area contributed by atoms with E-state index in [-0.39, 0.29) is 0 Å². The zero-order chi connectivity index (χ0) is 14.1. The monoisotopic (exact) mass is 275 g/mol. The van der Waals surface area contributed by atoms with Gasteiger partial charge in [0, 0.05) is 18.6 Å². The van der Waals surface area contributed by atoms with Crippen LogP contribution in [0.25, 0.3) is 5.57 Å². The predicted molar refractivity (Wildman–Crippen MR) is 87.8 cm³/mol. The summed E-state index contributed by atoms with van der Waals surface area (Å²) in [6, 6.07) is 23.1. The van der Waals surface area contributed by atoms with E-state index in [0.29, 0.717) is 6.04 Å². The molecule has 0 radical (unpaired) electrons. The maximum atomic E-state index is 2.70. The van der Waals surface area contributed by atoms with E-state index in [1.165, 1.54) is 30.4 Å². The minimum Gasteiger partial charge on any atom is -0.289 e. The van der Waals surface area contributed by atoms with Gasteiger partial charge < -0.3 is 0 Å². The average Bonchev–Trinajstić information content (AvgIpc) is 2.78. The molecule has 0 amide bonds. The van der Waals surface area contributed by atoms with Gasteiger partial charge >= 0.3 is 0 Å². The quantitative estimate of drug-likeness (QED) is 0.797. The Hall–Kier alpha value is -1.86. The first-order chi connectivity index (χ1) is 10.4. The van der Waals surface area contributed by atoms with E-state index in [9.17, 15) is 0 Å². The molecular weight excluding hydrogens is 254 g/mol. The van der Waals surface area contributed by atoms with Gasteiger partial charge in [0.15, 0.2) is 0 Å². The molecule has 1 nitrogen and oxygen atoms in total. The Bertz CT molecular complexity index is 629. The van der Waals surface area contributed by atoms with Gasteiger partial charge in [-0.3, -0.25) is 4.90 Å². The van der Waals surface area contributed by atoms with Crippen LogP contribution >= 0.6 is 0 Å². The van der Waals surface area contributed by atoms with Gasteiger partial charge in [0.05, 0.1) is 0 Å². The van der Waals surface area contributed by atoms with E-state index in [2.05, 4.69) is 71.6 Å². The largest absolute Gasteiger partial charge is 0.289 e. The van der Waals surface area contributed by atoms with Crippen molar-refractivity contribution in [2.45, 2.75) is 37.9 Å². The van der Waals surface area contributed by atoms with Crippen molar-refractivity contribution < 1.29 is 0 Å². The van der Waals surface area contributed by atoms with Gasteiger partial charge in [0.1, 0.15) is 0 Å². The zero-order valence-corrected chi connectivity index (χ0v) is 12.3. The maximum Gasteiger partial charge on any atom is 0.0291 e. The third-order valence-electron chi connectivity index (χ3n) is 4.89. The van der Waals surface area contributed by atoms with Crippen molar-refractivity contribution in [2.75, 3.05) is 0 Å². The molecule has 0 spiro atoms. The van der Waals surface area contributed by atoms with Crippen molar-refractivity contribution >= 4 is 5.57 Å². The molecule has 0 aromatic heterocycles. The van der Waals surface area contributed by atoms with Crippen LogP contribution in [0.3, 0.4) is 0 Å². The van der Waals surface area contributed by atoms with Crippen molar-refractivity contribution in [1.29, 1.82) is 0 Å². The molecule has 106 valence electrons. The molecule has 1 heteroatoms. The predicted octanol–water partition coefficient (Wildman–Crippen LogP) is 4.51. The van der Waals surface area contributed by atoms with Gasteiger partial charge in [-0.1, -0.05) is 66.7 Å². The molecule has 0 saturated carbocycles. The van der Waals surface area contributed by atoms with Crippen LogP contribution in [0.1, 0.15) is 30.4 Å². The summed E-state index contributed by atoms with van der Waals surface area (Å²) in [4.78, 5) is 2.70. The highest BCUT2D eigenvalue weighted by Crippen LogP contribution is 2.39. The van der Waals surface area contributed by atoms with E-state index in [1.54, 1.807) is 5.57 Å². The van der Waals surface area contributed by atoms with E-state index >= 15 is 0 Å². The van der Waals surface area contributed by atoms with Crippen LogP contribution in [0.2, 0.25) is 0 Å². The van der Waals surface area contributed by atoms with Crippen LogP contribution < -0.4 is 0 Å². The number of rotatable bonds is 3. The van der Waals surface area contributed by atoms with Crippen molar-refractivity contribution in [3.05, 3.63) is 77.9 Å². The van der Waals surface area contributed by atoms with Crippen molar-refractivity contribution in [2.24, 2.45) is 0 Å². The van der Waals surface area contributed by atoms with Crippen molar-refractivity contribution in [1.82, 2.24) is 4.90 Å². The lowest BCUT2D eigenvalue weighted by molar-refractivity contribution is 0.203. The van der Waals surface area contributed by atoms with E-state index in [4.69, 9.17) is 0 Å². The molecule has 2 aromatic rings. The van der Waals surface area contributed by atoms with Gasteiger partial charge in [-0.15, -0.1) is 0 Å². The number of hydrogen-bond acceptors (Lipinski definition) is 1. The summed E-state index contributed by atoms with van der Waals surface area (Å²) in [5.74, 6) is 0. The highest BCUT2D eigenvalue weighted by atomic mass is 15.2. The average molecular weight is 275 g/mol. The topological polar surface area (TPSA) is 3.24 Å². The summed E-state index contributed by atoms with van der Waals surface area (Å²) in [7, 11) is 0. The summed E-state index contributed by atoms with van der Waals surface area (Å²) >= 11 is 0. The molecule has 2 aromatic carbocycles. The number of nitrogens with zero attached hydrogens (tertiary/aromatic N) is 1. The maximum absolute atomic E-state index is 2.70. The van der Waals surface area contributed by atoms with Crippen LogP contribution in [-0.4, -0.2) is 17.0 Å². The van der Waals surface area contributed by atoms with Gasteiger partial charge in [0.25, 0.3) is 0 Å². The van der Waals surface area contributed by atoms with Crippen LogP contribution in [0.4, 0.5) is 0 Å². The van der Waals surface area contributed by atoms with Crippen LogP contribution in [0.5, 0.6) is 0 Å². The molecule has 0 aliphatic carbocycles. The molecule has 0 N–H and O–H groups in total. The second-order valence-corrected chi connectivity index (χ2v) is 6.22. The first-order valence-corrected chi connectivity index (χ1v) is 7.96. The summed E-state index contributed by atoms with van der Waals surface area (Å²) in [5, 5.41) is 0. The van der Waals surface area contributed by atoms with Crippen LogP contribution in [-0.2, 0) is 6.54 Å². The van der Waals surface area contributed by atoms with E-state index in [1.807, 2.05) is 0 Å². The molecule has 2 bridgehead atoms. The standard InChI is InChI=1S/C20H21N/c1-3-7-16(8-4-1)15-21-19-11-12-20(21)14-18(13-19)17-9-5-2-6-10-17/h1-10,13,19-20H,11-12,14-15H2. The molecule has 2 unspecified atom stereocenters. The minimum absolute atomic E-state index is 0.624. The fraction of sp³-hybridized carbons (Fsp3) is 0.300. The Morgan fingerprint density at radius 2 is 1.57 bits per heavy atom. The summed E-state index contributed by atoms with van der Waals surface area (Å²) in [6.45, 7) is 1.09. The van der Waals surface area contributed by atoms with Gasteiger partial charge in [-0.25, -0.2) is 0 Å². The molecule has 4 rings (SSSR count). The third kappa shape index (κ3) is 2.54. The van der Waals surface area contributed by atoms with Crippen LogP contribution in [0.15, 0.2) is 66.7 Å². The molecule has 1 saturated heterocycles. The minimum atomic E-state index is 0.624. The first kappa shape index (κ1) is 12.8. The molecule has 2 aliphatic heterocycles. The Morgan fingerprint density at radius 1 is 0.857 bits per heavy atom. The number of benzene rings is 2. The third-order valence-corrected chi connectivity index (χ3v) is 4.89. The van der Waals surface area contributed by atoms with Gasteiger partial charge in [0.2, 0.25) is 0 Å². The molecule has 2 atom stereocenters. The summed E-state index contributed by atoms with van der Waals surface area (Å²) < 4.78 is 0. The van der Waals surface area contributed by atoms with Crippen molar-refractivity contribution in [3.8, 4) is 0 Å². The lowest BCUT2D eigenvalue weighted by Gasteiger charge is -2.34. The molecule has 21 heavy (non-hydrogen) atoms. The Morgan fingerprint density at radius 3 is 2.29 bits per heavy atom. The first-order valence-electron chi connectivity index (χ1n) is 7.96. The highest BCUT2D eigenvalue weighted by Gasteiger charge is 2.36. The fourth-order valence-corrected chi connectivity index (χ4v) is 3.82. The molecule has 1 fully saturated rings. The van der Waals surface area contributed by atoms with E-state index in [0.717, 1.165) is 12.6 Å². The van der Waals surface area contributed by atoms with Crippen molar-refractivity contribution in [3.63, 3.8) is 0 Å². The molecular formula is C20H21N. The lowest BCUT2D eigenvalue weighted by atomic mass is 9.94. The lowest BCUT2D eigenvalue weighted by Crippen LogP contribution is -2.37. The number of fused-ring (bicyclic) bond motifs is 2. The van der Waals surface area contributed by atoms with Crippen LogP contribution in [0, 0.1) is 0 Å². The number of hydrogen-bond donors (Lipinski definition) is 0. The fourth-order valence-electron chi connectivity index (χ4n) is 3.82. The van der Waals surface area contributed by atoms with E-state index < -0.39 is 0 Å². The SMILES string of the molecule is C1=C(c2ccccc2)CC2CCC1N2Cc1ccccc1.